The van der Waals surface area contributed by atoms with Crippen molar-refractivity contribution in [2.24, 2.45) is 0 Å². The van der Waals surface area contributed by atoms with Gasteiger partial charge in [0.1, 0.15) is 0 Å². The highest BCUT2D eigenvalue weighted by molar-refractivity contribution is 6.26. The van der Waals surface area contributed by atoms with Gasteiger partial charge in [-0.05, 0) is 118 Å². The number of para-hydroxylation sites is 4. The average Bonchev–Trinajstić information content (AvgIpc) is 4.07. The molecule has 0 saturated heterocycles. The molecule has 12 aromatic rings. The van der Waals surface area contributed by atoms with E-state index < -0.39 is 5.41 Å². The molecule has 0 fully saturated rings. The van der Waals surface area contributed by atoms with Gasteiger partial charge in [-0.3, -0.25) is 4.98 Å². The van der Waals surface area contributed by atoms with Crippen molar-refractivity contribution in [3.63, 3.8) is 0 Å². The molecule has 64 heavy (non-hydrogen) atoms. The number of benzene rings is 9. The Balaban J connectivity index is 1.06. The molecule has 14 rings (SSSR count). The molecule has 2 aliphatic carbocycles. The molecule has 3 heterocycles. The number of nitrogens with one attached hydrogen (secondary N) is 1. The Morgan fingerprint density at radius 2 is 1.06 bits per heavy atom. The van der Waals surface area contributed by atoms with E-state index in [1.54, 1.807) is 0 Å². The summed E-state index contributed by atoms with van der Waals surface area (Å²) in [6.07, 6.45) is 1.85. The molecule has 0 saturated carbocycles. The molecule has 0 bridgehead atoms. The molecular weight excluding hydrogens is 777 g/mol. The lowest BCUT2D eigenvalue weighted by atomic mass is 9.70. The van der Waals surface area contributed by atoms with Crippen molar-refractivity contribution >= 4 is 66.5 Å². The highest BCUT2D eigenvalue weighted by atomic mass is 15.1. The van der Waals surface area contributed by atoms with Crippen molar-refractivity contribution in [3.8, 4) is 33.5 Å². The minimum absolute atomic E-state index is 0.613. The molecule has 4 nitrogen and oxygen atoms in total. The van der Waals surface area contributed by atoms with E-state index in [4.69, 9.17) is 0 Å². The van der Waals surface area contributed by atoms with Gasteiger partial charge in [0.25, 0.3) is 0 Å². The zero-order chi connectivity index (χ0) is 41.9. The SMILES string of the molecule is c1ccc(Nc2ccc3c(c2)C2(c4cc(N(c5ccccc5)c5ccc(-c6ccccn6)cc5)ccc4-3)c3ccccc3-c3c2ccc2c4cccc5c6ccccc6n(c32)c54)cc1. The lowest BCUT2D eigenvalue weighted by Crippen LogP contribution is -2.26. The van der Waals surface area contributed by atoms with Gasteiger partial charge in [0, 0.05) is 67.3 Å². The van der Waals surface area contributed by atoms with Gasteiger partial charge in [0.2, 0.25) is 0 Å². The minimum Gasteiger partial charge on any atom is -0.356 e. The van der Waals surface area contributed by atoms with E-state index in [-0.39, 0.29) is 0 Å². The highest BCUT2D eigenvalue weighted by Crippen LogP contribution is 2.65. The zero-order valence-electron chi connectivity index (χ0n) is 34.7. The topological polar surface area (TPSA) is 32.6 Å². The first-order valence-corrected chi connectivity index (χ1v) is 22.0. The van der Waals surface area contributed by atoms with Gasteiger partial charge in [-0.1, -0.05) is 140 Å². The summed E-state index contributed by atoms with van der Waals surface area (Å²) in [4.78, 5) is 7.04. The van der Waals surface area contributed by atoms with E-state index in [1.165, 1.54) is 82.6 Å². The number of anilines is 5. The molecule has 9 aromatic carbocycles. The first-order valence-electron chi connectivity index (χ1n) is 22.0. The summed E-state index contributed by atoms with van der Waals surface area (Å²) in [6, 6.07) is 80.1. The Kier molecular flexibility index (Phi) is 7.29. The Hall–Kier alpha value is -8.47. The predicted molar refractivity (Wildman–Crippen MR) is 265 cm³/mol. The van der Waals surface area contributed by atoms with Crippen molar-refractivity contribution in [1.29, 1.82) is 0 Å². The van der Waals surface area contributed by atoms with Crippen LogP contribution in [0.4, 0.5) is 28.4 Å². The number of rotatable bonds is 6. The van der Waals surface area contributed by atoms with E-state index in [0.717, 1.165) is 39.7 Å². The van der Waals surface area contributed by atoms with Crippen LogP contribution in [0.3, 0.4) is 0 Å². The summed E-state index contributed by atoms with van der Waals surface area (Å²) in [5, 5.41) is 8.93. The van der Waals surface area contributed by atoms with Crippen LogP contribution in [0.25, 0.3) is 71.6 Å². The summed E-state index contributed by atoms with van der Waals surface area (Å²) in [5.41, 5.74) is 20.9. The Morgan fingerprint density at radius 1 is 0.406 bits per heavy atom. The maximum Gasteiger partial charge on any atom is 0.0727 e. The van der Waals surface area contributed by atoms with Gasteiger partial charge in [-0.2, -0.15) is 0 Å². The molecule has 1 N–H and O–H groups in total. The lowest BCUT2D eigenvalue weighted by molar-refractivity contribution is 0.794. The maximum atomic E-state index is 4.64. The second-order valence-electron chi connectivity index (χ2n) is 17.1. The second kappa shape index (κ2) is 13.3. The Morgan fingerprint density at radius 3 is 1.89 bits per heavy atom. The van der Waals surface area contributed by atoms with Crippen molar-refractivity contribution in [2.75, 3.05) is 10.2 Å². The third-order valence-corrected chi connectivity index (χ3v) is 13.9. The molecule has 4 heteroatoms. The van der Waals surface area contributed by atoms with Crippen molar-refractivity contribution in [1.82, 2.24) is 9.38 Å². The summed E-state index contributed by atoms with van der Waals surface area (Å²) >= 11 is 0. The number of nitrogens with zero attached hydrogens (tertiary/aromatic N) is 3. The van der Waals surface area contributed by atoms with Crippen LogP contribution in [0.1, 0.15) is 22.3 Å². The van der Waals surface area contributed by atoms with Crippen LogP contribution in [0, 0.1) is 0 Å². The number of fused-ring (bicyclic) bond motifs is 17. The van der Waals surface area contributed by atoms with E-state index >= 15 is 0 Å². The van der Waals surface area contributed by atoms with Crippen LogP contribution < -0.4 is 10.2 Å². The first kappa shape index (κ1) is 35.2. The lowest BCUT2D eigenvalue weighted by Gasteiger charge is -2.32. The fourth-order valence-electron chi connectivity index (χ4n) is 11.4. The molecule has 3 aromatic heterocycles. The number of pyridine rings is 1. The maximum absolute atomic E-state index is 4.64. The molecular formula is C60H38N4. The van der Waals surface area contributed by atoms with Crippen LogP contribution in [0.15, 0.2) is 225 Å². The van der Waals surface area contributed by atoms with Crippen LogP contribution in [0.2, 0.25) is 0 Å². The van der Waals surface area contributed by atoms with Crippen molar-refractivity contribution in [3.05, 3.63) is 247 Å². The number of hydrogen-bond donors (Lipinski definition) is 1. The van der Waals surface area contributed by atoms with Gasteiger partial charge < -0.3 is 14.6 Å². The van der Waals surface area contributed by atoms with Gasteiger partial charge in [0.05, 0.1) is 27.7 Å². The summed E-state index contributed by atoms with van der Waals surface area (Å²) < 4.78 is 2.57. The fraction of sp³-hybridized carbons (Fsp3) is 0.0167. The standard InChI is InChI=1S/C60H38N4/c1-3-14-39(15-4-1)62-40-27-31-44-45-32-30-43(63(41-16-5-2-6-17-41)42-28-25-38(26-29-42)55-23-11-12-35-61-55)37-54(45)60(53(44)36-40)51-22-9-7-19-50(51)57-52(60)34-33-49-48-21-13-20-47-46-18-8-10-24-56(46)64(58(47)48)59(49)57/h1-37,62H. The van der Waals surface area contributed by atoms with Gasteiger partial charge in [0.15, 0.2) is 0 Å². The van der Waals surface area contributed by atoms with Gasteiger partial charge in [-0.15, -0.1) is 0 Å². The quantitative estimate of drug-likeness (QED) is 0.181. The Labute approximate surface area is 370 Å². The van der Waals surface area contributed by atoms with Gasteiger partial charge >= 0.3 is 0 Å². The summed E-state index contributed by atoms with van der Waals surface area (Å²) in [7, 11) is 0. The molecule has 0 aliphatic heterocycles. The molecule has 1 atom stereocenters. The molecule has 1 unspecified atom stereocenters. The molecule has 0 amide bonds. The minimum atomic E-state index is -0.613. The third kappa shape index (κ3) is 4.74. The monoisotopic (exact) mass is 814 g/mol. The van der Waals surface area contributed by atoms with Crippen LogP contribution in [0.5, 0.6) is 0 Å². The first-order chi connectivity index (χ1) is 31.8. The smallest absolute Gasteiger partial charge is 0.0727 e. The average molecular weight is 815 g/mol. The van der Waals surface area contributed by atoms with Crippen LogP contribution in [-0.4, -0.2) is 9.38 Å². The zero-order valence-corrected chi connectivity index (χ0v) is 34.7. The number of aromatic nitrogens is 2. The highest BCUT2D eigenvalue weighted by Gasteiger charge is 2.53. The normalized spacial score (nSPS) is 14.6. The summed E-state index contributed by atoms with van der Waals surface area (Å²) in [5.74, 6) is 0. The van der Waals surface area contributed by atoms with Crippen molar-refractivity contribution < 1.29 is 0 Å². The third-order valence-electron chi connectivity index (χ3n) is 13.9. The molecule has 1 spiro atoms. The van der Waals surface area contributed by atoms with Gasteiger partial charge in [-0.25, -0.2) is 0 Å². The van der Waals surface area contributed by atoms with Crippen LogP contribution >= 0.6 is 0 Å². The van der Waals surface area contributed by atoms with Crippen LogP contribution in [-0.2, 0) is 5.41 Å². The number of hydrogen-bond acceptors (Lipinski definition) is 3. The van der Waals surface area contributed by atoms with E-state index in [1.807, 2.05) is 18.3 Å². The van der Waals surface area contributed by atoms with E-state index in [0.29, 0.717) is 0 Å². The fourth-order valence-corrected chi connectivity index (χ4v) is 11.4. The van der Waals surface area contributed by atoms with E-state index in [2.05, 4.69) is 226 Å². The molecule has 0 radical (unpaired) electrons. The summed E-state index contributed by atoms with van der Waals surface area (Å²) in [6.45, 7) is 0. The second-order valence-corrected chi connectivity index (χ2v) is 17.1. The molecule has 298 valence electrons. The van der Waals surface area contributed by atoms with Crippen molar-refractivity contribution in [2.45, 2.75) is 5.41 Å². The van der Waals surface area contributed by atoms with E-state index in [9.17, 15) is 0 Å². The Bertz CT molecular complexity index is 3800. The molecule has 2 aliphatic rings. The largest absolute Gasteiger partial charge is 0.356 e. The predicted octanol–water partition coefficient (Wildman–Crippen LogP) is 15.5.